The fraction of sp³-hybridized carbons (Fsp3) is 0.714. The molecule has 1 heterocycles. The molecule has 1 N–H and O–H groups in total. The molecule has 1 amide bonds. The molecule has 0 bridgehead atoms. The lowest BCUT2D eigenvalue weighted by Gasteiger charge is -2.35. The first-order valence-electron chi connectivity index (χ1n) is 6.82. The van der Waals surface area contributed by atoms with E-state index in [-0.39, 0.29) is 11.4 Å². The van der Waals surface area contributed by atoms with Gasteiger partial charge in [0.25, 0.3) is 5.91 Å². The molecule has 0 aliphatic carbocycles. The highest BCUT2D eigenvalue weighted by molar-refractivity contribution is 14.1. The van der Waals surface area contributed by atoms with Crippen LogP contribution in [0, 0.1) is 6.92 Å². The van der Waals surface area contributed by atoms with Gasteiger partial charge in [0.2, 0.25) is 0 Å². The van der Waals surface area contributed by atoms with Crippen molar-refractivity contribution in [3.63, 3.8) is 0 Å². The number of amides is 1. The van der Waals surface area contributed by atoms with Crippen LogP contribution in [0.1, 0.15) is 48.5 Å². The molecule has 5 nitrogen and oxygen atoms in total. The Bertz CT molecular complexity index is 459. The van der Waals surface area contributed by atoms with Crippen LogP contribution in [-0.2, 0) is 4.43 Å². The van der Waals surface area contributed by atoms with Gasteiger partial charge in [0, 0.05) is 17.6 Å². The van der Waals surface area contributed by atoms with Gasteiger partial charge in [-0.05, 0) is 40.8 Å². The summed E-state index contributed by atoms with van der Waals surface area (Å²) in [6.45, 7) is 6.87. The van der Waals surface area contributed by atoms with Gasteiger partial charge in [-0.3, -0.25) is 4.79 Å². The second kappa shape index (κ2) is 7.40. The summed E-state index contributed by atoms with van der Waals surface area (Å²) in [5.74, 6) is 0.613. The van der Waals surface area contributed by atoms with Crippen molar-refractivity contribution >= 4 is 28.5 Å². The van der Waals surface area contributed by atoms with Crippen molar-refractivity contribution in [1.82, 2.24) is 15.4 Å². The summed E-state index contributed by atoms with van der Waals surface area (Å²) in [4.78, 5) is 14.3. The molecule has 0 fully saturated rings. The minimum absolute atomic E-state index is 0.0967. The Kier molecular flexibility index (Phi) is 6.44. The molecule has 0 spiro atoms. The number of carbonyl (C=O) groups is 1. The summed E-state index contributed by atoms with van der Waals surface area (Å²) in [5, 5.41) is 6.79. The van der Waals surface area contributed by atoms with Gasteiger partial charge in [-0.25, -0.2) is 0 Å². The van der Waals surface area contributed by atoms with E-state index in [0.29, 0.717) is 12.2 Å². The standard InChI is InChI=1S/C14H24IN3O2/c1-6-14(3,18(4)5)7-8-16-13(19)12-10(2)11(9-15)20-17-12/h6-9H2,1-5H3,(H,16,19). The first kappa shape index (κ1) is 17.4. The van der Waals surface area contributed by atoms with Crippen LogP contribution >= 0.6 is 22.6 Å². The minimum atomic E-state index is -0.153. The Morgan fingerprint density at radius 1 is 1.50 bits per heavy atom. The molecule has 114 valence electrons. The van der Waals surface area contributed by atoms with Gasteiger partial charge >= 0.3 is 0 Å². The van der Waals surface area contributed by atoms with Crippen LogP contribution in [0.25, 0.3) is 0 Å². The van der Waals surface area contributed by atoms with Gasteiger partial charge in [-0.1, -0.05) is 34.7 Å². The molecule has 0 aromatic carbocycles. The summed E-state index contributed by atoms with van der Waals surface area (Å²) in [5.41, 5.74) is 1.34. The molecule has 1 atom stereocenters. The van der Waals surface area contributed by atoms with E-state index in [1.807, 2.05) is 6.92 Å². The summed E-state index contributed by atoms with van der Waals surface area (Å²) in [7, 11) is 4.14. The molecule has 0 aliphatic heterocycles. The molecule has 1 rings (SSSR count). The number of hydrogen-bond acceptors (Lipinski definition) is 4. The van der Waals surface area contributed by atoms with E-state index in [9.17, 15) is 4.79 Å². The molecule has 6 heteroatoms. The number of alkyl halides is 1. The maximum absolute atomic E-state index is 12.1. The lowest BCUT2D eigenvalue weighted by atomic mass is 9.93. The zero-order valence-corrected chi connectivity index (χ0v) is 15.1. The number of nitrogens with zero attached hydrogens (tertiary/aromatic N) is 2. The van der Waals surface area contributed by atoms with Crippen LogP contribution in [0.5, 0.6) is 0 Å². The molecule has 1 aromatic heterocycles. The second-order valence-electron chi connectivity index (χ2n) is 5.46. The second-order valence-corrected chi connectivity index (χ2v) is 6.23. The monoisotopic (exact) mass is 393 g/mol. The highest BCUT2D eigenvalue weighted by Crippen LogP contribution is 2.20. The Labute approximate surface area is 134 Å². The molecule has 20 heavy (non-hydrogen) atoms. The van der Waals surface area contributed by atoms with E-state index in [4.69, 9.17) is 4.52 Å². The first-order chi connectivity index (χ1) is 9.35. The third-order valence-electron chi connectivity index (χ3n) is 4.15. The van der Waals surface area contributed by atoms with Crippen LogP contribution in [0.4, 0.5) is 0 Å². The largest absolute Gasteiger partial charge is 0.359 e. The zero-order chi connectivity index (χ0) is 15.3. The average molecular weight is 393 g/mol. The van der Waals surface area contributed by atoms with Crippen LogP contribution in [0.3, 0.4) is 0 Å². The number of aromatic nitrogens is 1. The number of nitrogens with one attached hydrogen (secondary N) is 1. The third kappa shape index (κ3) is 3.94. The molecule has 1 unspecified atom stereocenters. The van der Waals surface area contributed by atoms with Gasteiger partial charge in [0.15, 0.2) is 5.69 Å². The van der Waals surface area contributed by atoms with Crippen LogP contribution in [-0.4, -0.2) is 42.1 Å². The van der Waals surface area contributed by atoms with E-state index in [1.54, 1.807) is 0 Å². The highest BCUT2D eigenvalue weighted by atomic mass is 127. The Morgan fingerprint density at radius 3 is 2.60 bits per heavy atom. The van der Waals surface area contributed by atoms with Crippen LogP contribution < -0.4 is 5.32 Å². The summed E-state index contributed by atoms with van der Waals surface area (Å²) in [6.07, 6.45) is 1.94. The average Bonchev–Trinajstić information content (AvgIpc) is 2.79. The number of rotatable bonds is 7. The Morgan fingerprint density at radius 2 is 2.15 bits per heavy atom. The van der Waals surface area contributed by atoms with Gasteiger partial charge < -0.3 is 14.7 Å². The normalized spacial score (nSPS) is 14.3. The lowest BCUT2D eigenvalue weighted by Crippen LogP contribution is -2.43. The summed E-state index contributed by atoms with van der Waals surface area (Å²) in [6, 6.07) is 0. The molecule has 0 saturated carbocycles. The van der Waals surface area contributed by atoms with Crippen molar-refractivity contribution in [2.75, 3.05) is 20.6 Å². The van der Waals surface area contributed by atoms with Crippen LogP contribution in [0.2, 0.25) is 0 Å². The smallest absolute Gasteiger partial charge is 0.273 e. The SMILES string of the molecule is CCC(C)(CCNC(=O)c1noc(CI)c1C)N(C)C. The Hall–Kier alpha value is -0.630. The number of carbonyl (C=O) groups excluding carboxylic acids is 1. The van der Waals surface area contributed by atoms with Crippen molar-refractivity contribution in [3.05, 3.63) is 17.0 Å². The van der Waals surface area contributed by atoms with Crippen molar-refractivity contribution in [3.8, 4) is 0 Å². The third-order valence-corrected chi connectivity index (χ3v) is 4.84. The van der Waals surface area contributed by atoms with Gasteiger partial charge in [0.1, 0.15) is 5.76 Å². The Balaban J connectivity index is 2.58. The molecule has 0 radical (unpaired) electrons. The maximum Gasteiger partial charge on any atom is 0.273 e. The highest BCUT2D eigenvalue weighted by Gasteiger charge is 2.25. The fourth-order valence-electron chi connectivity index (χ4n) is 1.95. The number of hydrogen-bond donors (Lipinski definition) is 1. The molecule has 0 saturated heterocycles. The maximum atomic E-state index is 12.1. The molecular formula is C14H24IN3O2. The fourth-order valence-corrected chi connectivity index (χ4v) is 2.66. The first-order valence-corrected chi connectivity index (χ1v) is 8.35. The predicted molar refractivity (Wildman–Crippen MR) is 88.3 cm³/mol. The number of halogens is 1. The van der Waals surface area contributed by atoms with Crippen molar-refractivity contribution in [1.29, 1.82) is 0 Å². The van der Waals surface area contributed by atoms with E-state index < -0.39 is 0 Å². The van der Waals surface area contributed by atoms with Gasteiger partial charge in [-0.15, -0.1) is 0 Å². The van der Waals surface area contributed by atoms with E-state index in [2.05, 4.69) is 65.9 Å². The lowest BCUT2D eigenvalue weighted by molar-refractivity contribution is 0.0928. The predicted octanol–water partition coefficient (Wildman–Crippen LogP) is 2.77. The topological polar surface area (TPSA) is 58.4 Å². The van der Waals surface area contributed by atoms with Crippen LogP contribution in [0.15, 0.2) is 4.52 Å². The molecule has 1 aromatic rings. The van der Waals surface area contributed by atoms with Crippen molar-refractivity contribution in [2.24, 2.45) is 0 Å². The zero-order valence-electron chi connectivity index (χ0n) is 12.9. The quantitative estimate of drug-likeness (QED) is 0.572. The van der Waals surface area contributed by atoms with E-state index >= 15 is 0 Å². The molecular weight excluding hydrogens is 369 g/mol. The van der Waals surface area contributed by atoms with E-state index in [1.165, 1.54) is 0 Å². The van der Waals surface area contributed by atoms with Crippen molar-refractivity contribution in [2.45, 2.75) is 43.6 Å². The van der Waals surface area contributed by atoms with Gasteiger partial charge in [-0.2, -0.15) is 0 Å². The molecule has 0 aliphatic rings. The summed E-state index contributed by atoms with van der Waals surface area (Å²) >= 11 is 2.20. The summed E-state index contributed by atoms with van der Waals surface area (Å²) < 4.78 is 5.87. The van der Waals surface area contributed by atoms with E-state index in [0.717, 1.165) is 28.6 Å². The van der Waals surface area contributed by atoms with Gasteiger partial charge in [0.05, 0.1) is 4.43 Å². The van der Waals surface area contributed by atoms with Crippen molar-refractivity contribution < 1.29 is 9.32 Å². The minimum Gasteiger partial charge on any atom is -0.359 e.